The summed E-state index contributed by atoms with van der Waals surface area (Å²) in [5.41, 5.74) is -1.51. The molecule has 2 aliphatic heterocycles. The van der Waals surface area contributed by atoms with Crippen LogP contribution in [0.2, 0.25) is 0 Å². The molecule has 2 aliphatic rings. The molecule has 2 heterocycles. The largest absolute Gasteiger partial charge is 0.465 e. The van der Waals surface area contributed by atoms with Crippen LogP contribution in [0.1, 0.15) is 105 Å². The molecule has 24 heteroatoms. The maximum Gasteiger partial charge on any atom is 0.320 e. The Hall–Kier alpha value is -2.76. The SMILES string of the molecule is CC[C@@H]1OC(OCCCCCCNCCC(=O)OCC(C)(C)COC(=O)CN(CC(=O)OCC(C)(C)COC(=O)CCNCCCCCCOC2O[C@H](CO)[C@H](O)[C@H](O)[C@@H]2O)C(CO)CO)[C@H](O)[C@H](O)[C@@H]1O. The molecular formula is C48H89N3O21. The molecule has 0 bridgehead atoms. The van der Waals surface area contributed by atoms with Gasteiger partial charge in [0.25, 0.3) is 0 Å². The highest BCUT2D eigenvalue weighted by atomic mass is 16.7. The second-order valence-corrected chi connectivity index (χ2v) is 20.1. The Balaban J connectivity index is 1.55. The quantitative estimate of drug-likeness (QED) is 0.0180. The zero-order chi connectivity index (χ0) is 53.7. The van der Waals surface area contributed by atoms with E-state index in [0.717, 1.165) is 44.9 Å². The van der Waals surface area contributed by atoms with Crippen molar-refractivity contribution in [3.63, 3.8) is 0 Å². The van der Waals surface area contributed by atoms with Crippen LogP contribution in [0, 0.1) is 10.8 Å². The molecule has 0 aromatic rings. The first-order valence-electron chi connectivity index (χ1n) is 25.4. The summed E-state index contributed by atoms with van der Waals surface area (Å²) in [6, 6.07) is -0.970. The fourth-order valence-electron chi connectivity index (χ4n) is 7.39. The summed E-state index contributed by atoms with van der Waals surface area (Å²) in [5, 5.41) is 95.2. The van der Waals surface area contributed by atoms with Gasteiger partial charge < -0.3 is 94.5 Å². The monoisotopic (exact) mass is 1040 g/mol. The van der Waals surface area contributed by atoms with E-state index in [-0.39, 0.29) is 45.9 Å². The van der Waals surface area contributed by atoms with E-state index in [1.165, 1.54) is 4.90 Å². The molecule has 0 aliphatic carbocycles. The van der Waals surface area contributed by atoms with Crippen molar-refractivity contribution in [2.75, 3.05) is 98.7 Å². The molecule has 0 saturated carbocycles. The first-order valence-corrected chi connectivity index (χ1v) is 25.4. The van der Waals surface area contributed by atoms with Crippen molar-refractivity contribution in [2.45, 2.75) is 173 Å². The lowest BCUT2D eigenvalue weighted by molar-refractivity contribution is -0.301. The normalized spacial score (nSPS) is 24.9. The number of rotatable bonds is 39. The summed E-state index contributed by atoms with van der Waals surface area (Å²) in [7, 11) is 0. The number of carbonyl (C=O) groups is 4. The fraction of sp³-hybridized carbons (Fsp3) is 0.917. The second-order valence-electron chi connectivity index (χ2n) is 20.1. The lowest BCUT2D eigenvalue weighted by Crippen LogP contribution is -2.59. The highest BCUT2D eigenvalue weighted by Crippen LogP contribution is 2.25. The Morgan fingerprint density at radius 2 is 0.889 bits per heavy atom. The number of unbranched alkanes of at least 4 members (excludes halogenated alkanes) is 6. The number of hydrogen-bond donors (Lipinski definition) is 11. The van der Waals surface area contributed by atoms with Crippen LogP contribution in [0.25, 0.3) is 0 Å². The fourth-order valence-corrected chi connectivity index (χ4v) is 7.39. The molecule has 0 aromatic heterocycles. The van der Waals surface area contributed by atoms with Gasteiger partial charge in [-0.3, -0.25) is 24.1 Å². The lowest BCUT2D eigenvalue weighted by Gasteiger charge is -2.40. The summed E-state index contributed by atoms with van der Waals surface area (Å²) in [4.78, 5) is 51.8. The van der Waals surface area contributed by atoms with Gasteiger partial charge in [-0.2, -0.15) is 0 Å². The molecule has 2 saturated heterocycles. The lowest BCUT2D eigenvalue weighted by atomic mass is 9.96. The molecule has 24 nitrogen and oxygen atoms in total. The molecule has 11 N–H and O–H groups in total. The smallest absolute Gasteiger partial charge is 0.320 e. The van der Waals surface area contributed by atoms with Crippen molar-refractivity contribution in [3.8, 4) is 0 Å². The first-order chi connectivity index (χ1) is 34.2. The van der Waals surface area contributed by atoms with Gasteiger partial charge in [0.1, 0.15) is 42.7 Å². The molecule has 10 atom stereocenters. The number of esters is 4. The topological polar surface area (TPSA) is 351 Å². The van der Waals surface area contributed by atoms with Gasteiger partial charge in [0, 0.05) is 37.1 Å². The predicted molar refractivity (Wildman–Crippen MR) is 255 cm³/mol. The van der Waals surface area contributed by atoms with Crippen LogP contribution in [0.3, 0.4) is 0 Å². The zero-order valence-electron chi connectivity index (χ0n) is 43.1. The average Bonchev–Trinajstić information content (AvgIpc) is 3.35. The summed E-state index contributed by atoms with van der Waals surface area (Å²) < 4.78 is 43.7. The van der Waals surface area contributed by atoms with Gasteiger partial charge in [0.15, 0.2) is 12.6 Å². The number of nitrogens with one attached hydrogen (secondary N) is 2. The van der Waals surface area contributed by atoms with Crippen LogP contribution in [0.4, 0.5) is 0 Å². The zero-order valence-corrected chi connectivity index (χ0v) is 43.1. The minimum atomic E-state index is -1.49. The van der Waals surface area contributed by atoms with Crippen LogP contribution in [-0.2, 0) is 57.1 Å². The Morgan fingerprint density at radius 3 is 1.28 bits per heavy atom. The molecule has 0 amide bonds. The van der Waals surface area contributed by atoms with Gasteiger partial charge in [0.05, 0.1) is 84.3 Å². The molecule has 2 fully saturated rings. The molecule has 2 unspecified atom stereocenters. The predicted octanol–water partition coefficient (Wildman–Crippen LogP) is -2.00. The first kappa shape index (κ1) is 65.4. The van der Waals surface area contributed by atoms with E-state index in [4.69, 9.17) is 37.9 Å². The van der Waals surface area contributed by atoms with Crippen LogP contribution in [0.5, 0.6) is 0 Å². The number of hydrogen-bond acceptors (Lipinski definition) is 24. The standard InChI is InChI=1S/C48H89N3O21/c1-6-33-39(59)41(61)43(63)45(71-33)65-21-13-9-7-11-17-49-19-15-35(55)67-28-47(2,3)30-69-37(57)23-51(32(25-52)26-53)24-38(58)70-31-48(4,5)29-68-36(56)16-20-50-18-12-8-10-14-22-66-46-44(64)42(62)40(60)34(27-54)72-46/h32-34,39-46,49-50,52-54,59-64H,6-31H2,1-5H3/t33-,34+,39+,40-,41+,42-,43+,44-,45?,46?/m0/s1. The highest BCUT2D eigenvalue weighted by molar-refractivity contribution is 5.75. The minimum absolute atomic E-state index is 0.0292. The van der Waals surface area contributed by atoms with Gasteiger partial charge >= 0.3 is 23.9 Å². The van der Waals surface area contributed by atoms with E-state index in [1.807, 2.05) is 6.92 Å². The van der Waals surface area contributed by atoms with Crippen molar-refractivity contribution >= 4 is 23.9 Å². The third-order valence-electron chi connectivity index (χ3n) is 12.1. The van der Waals surface area contributed by atoms with E-state index in [9.17, 15) is 65.1 Å². The maximum absolute atomic E-state index is 12.9. The Morgan fingerprint density at radius 1 is 0.514 bits per heavy atom. The van der Waals surface area contributed by atoms with Crippen LogP contribution in [-0.4, -0.2) is 241 Å². The van der Waals surface area contributed by atoms with Crippen molar-refractivity contribution in [2.24, 2.45) is 10.8 Å². The maximum atomic E-state index is 12.9. The minimum Gasteiger partial charge on any atom is -0.465 e. The van der Waals surface area contributed by atoms with Gasteiger partial charge in [-0.1, -0.05) is 60.3 Å². The van der Waals surface area contributed by atoms with Crippen LogP contribution in [0.15, 0.2) is 0 Å². The van der Waals surface area contributed by atoms with Crippen LogP contribution >= 0.6 is 0 Å². The third-order valence-corrected chi connectivity index (χ3v) is 12.1. The van der Waals surface area contributed by atoms with Gasteiger partial charge in [-0.25, -0.2) is 0 Å². The van der Waals surface area contributed by atoms with E-state index in [0.29, 0.717) is 45.6 Å². The van der Waals surface area contributed by atoms with Gasteiger partial charge in [-0.15, -0.1) is 0 Å². The van der Waals surface area contributed by atoms with Gasteiger partial charge in [0.2, 0.25) is 0 Å². The summed E-state index contributed by atoms with van der Waals surface area (Å²) in [5.74, 6) is -2.35. The molecular weight excluding hydrogens is 955 g/mol. The molecule has 422 valence electrons. The van der Waals surface area contributed by atoms with Crippen molar-refractivity contribution in [1.29, 1.82) is 0 Å². The Labute approximate surface area is 423 Å². The van der Waals surface area contributed by atoms with Gasteiger partial charge in [-0.05, 0) is 45.2 Å². The van der Waals surface area contributed by atoms with E-state index in [2.05, 4.69) is 10.6 Å². The number of nitrogens with zero attached hydrogens (tertiary/aromatic N) is 1. The molecule has 72 heavy (non-hydrogen) atoms. The van der Waals surface area contributed by atoms with Crippen molar-refractivity contribution < 1.29 is 103 Å². The summed E-state index contributed by atoms with van der Waals surface area (Å²) in [6.07, 6.45) is -4.70. The molecule has 0 spiro atoms. The summed E-state index contributed by atoms with van der Waals surface area (Å²) >= 11 is 0. The van der Waals surface area contributed by atoms with Crippen LogP contribution < -0.4 is 10.6 Å². The van der Waals surface area contributed by atoms with Crippen molar-refractivity contribution in [3.05, 3.63) is 0 Å². The highest BCUT2D eigenvalue weighted by Gasteiger charge is 2.45. The molecule has 2 rings (SSSR count). The van der Waals surface area contributed by atoms with Crippen molar-refractivity contribution in [1.82, 2.24) is 15.5 Å². The average molecular weight is 1040 g/mol. The molecule has 0 aromatic carbocycles. The third kappa shape index (κ3) is 25.7. The summed E-state index contributed by atoms with van der Waals surface area (Å²) in [6.45, 7) is 8.66. The Bertz CT molecular complexity index is 1400. The number of aliphatic hydroxyl groups excluding tert-OH is 9. The Kier molecular flexibility index (Phi) is 32.2. The number of ether oxygens (including phenoxy) is 8. The number of aliphatic hydroxyl groups is 9. The number of carbonyl (C=O) groups excluding carboxylic acids is 4. The van der Waals surface area contributed by atoms with E-state index < -0.39 is 135 Å². The second kappa shape index (κ2) is 35.5. The van der Waals surface area contributed by atoms with E-state index >= 15 is 0 Å². The van der Waals surface area contributed by atoms with E-state index in [1.54, 1.807) is 27.7 Å². The molecule has 0 radical (unpaired) electrons.